The molecule has 3 rings (SSSR count). The quantitative estimate of drug-likeness (QED) is 0.810. The fourth-order valence-corrected chi connectivity index (χ4v) is 3.37. The van der Waals surface area contributed by atoms with Gasteiger partial charge in [-0.2, -0.15) is 0 Å². The molecule has 1 aliphatic carbocycles. The molecule has 2 heteroatoms. The van der Waals surface area contributed by atoms with Gasteiger partial charge >= 0.3 is 0 Å². The average molecular weight is 306 g/mol. The number of Topliss-reactive ketones (excluding diaryl/α,β-unsaturated/α-hetero) is 1. The number of ketones is 1. The molecule has 0 spiro atoms. The number of aryl methyl sites for hydroxylation is 2. The number of benzene rings is 2. The van der Waals surface area contributed by atoms with Crippen LogP contribution in [0.4, 0.5) is 0 Å². The smallest absolute Gasteiger partial charge is 0.166 e. The highest BCUT2D eigenvalue weighted by atomic mass is 16.3. The van der Waals surface area contributed by atoms with Gasteiger partial charge in [-0.1, -0.05) is 30.4 Å². The summed E-state index contributed by atoms with van der Waals surface area (Å²) in [4.78, 5) is 12.4. The van der Waals surface area contributed by atoms with Crippen molar-refractivity contribution in [2.75, 3.05) is 0 Å². The lowest BCUT2D eigenvalue weighted by Crippen LogP contribution is -2.07. The van der Waals surface area contributed by atoms with Gasteiger partial charge in [0.25, 0.3) is 0 Å². The molecule has 2 nitrogen and oxygen atoms in total. The summed E-state index contributed by atoms with van der Waals surface area (Å²) in [6.07, 6.45) is 5.71. The summed E-state index contributed by atoms with van der Waals surface area (Å²) in [5.41, 5.74) is 5.96. The number of phenols is 1. The number of aromatic hydroxyl groups is 1. The third-order valence-corrected chi connectivity index (χ3v) is 4.69. The number of carbonyl (C=O) groups is 1. The molecule has 0 radical (unpaired) electrons. The highest BCUT2D eigenvalue weighted by Crippen LogP contribution is 2.34. The first-order chi connectivity index (χ1) is 11.0. The van der Waals surface area contributed by atoms with Crippen LogP contribution in [0.15, 0.2) is 42.5 Å². The maximum Gasteiger partial charge on any atom is 0.166 e. The molecule has 0 aliphatic heterocycles. The molecule has 2 aromatic carbocycles. The third kappa shape index (κ3) is 2.81. The van der Waals surface area contributed by atoms with E-state index in [9.17, 15) is 9.90 Å². The molecule has 1 N–H and O–H groups in total. The molecule has 0 fully saturated rings. The van der Waals surface area contributed by atoms with E-state index >= 15 is 0 Å². The molecule has 2 aromatic rings. The molecule has 0 heterocycles. The van der Waals surface area contributed by atoms with Crippen molar-refractivity contribution < 1.29 is 9.90 Å². The molecule has 0 saturated heterocycles. The molecule has 0 amide bonds. The Morgan fingerprint density at radius 1 is 1.13 bits per heavy atom. The molecule has 1 atom stereocenters. The van der Waals surface area contributed by atoms with E-state index in [1.54, 1.807) is 0 Å². The van der Waals surface area contributed by atoms with E-state index in [0.717, 1.165) is 46.2 Å². The van der Waals surface area contributed by atoms with Gasteiger partial charge in [0, 0.05) is 11.5 Å². The maximum atomic E-state index is 12.4. The van der Waals surface area contributed by atoms with Gasteiger partial charge in [0.2, 0.25) is 0 Å². The second-order valence-corrected chi connectivity index (χ2v) is 6.40. The number of rotatable bonds is 3. The molecule has 0 bridgehead atoms. The van der Waals surface area contributed by atoms with Gasteiger partial charge in [0.1, 0.15) is 5.75 Å². The van der Waals surface area contributed by atoms with Crippen molar-refractivity contribution in [2.45, 2.75) is 33.6 Å². The van der Waals surface area contributed by atoms with Crippen molar-refractivity contribution in [1.29, 1.82) is 0 Å². The highest BCUT2D eigenvalue weighted by molar-refractivity contribution is 6.02. The number of phenolic OH excluding ortho intramolecular Hbond substituents is 1. The van der Waals surface area contributed by atoms with Crippen LogP contribution in [-0.4, -0.2) is 10.9 Å². The first-order valence-electron chi connectivity index (χ1n) is 8.10. The Kier molecular flexibility index (Phi) is 4.08. The Balaban J connectivity index is 1.96. The van der Waals surface area contributed by atoms with Crippen molar-refractivity contribution in [1.82, 2.24) is 0 Å². The first kappa shape index (κ1) is 15.5. The zero-order valence-corrected chi connectivity index (χ0v) is 13.9. The lowest BCUT2D eigenvalue weighted by molar-refractivity contribution is 0.0938. The van der Waals surface area contributed by atoms with E-state index in [1.807, 2.05) is 51.1 Å². The van der Waals surface area contributed by atoms with Crippen molar-refractivity contribution in [2.24, 2.45) is 5.92 Å². The molecule has 118 valence electrons. The molecule has 23 heavy (non-hydrogen) atoms. The zero-order chi connectivity index (χ0) is 16.6. The second kappa shape index (κ2) is 6.04. The topological polar surface area (TPSA) is 37.3 Å². The first-order valence-corrected chi connectivity index (χ1v) is 8.10. The fraction of sp³-hybridized carbons (Fsp3) is 0.286. The summed E-state index contributed by atoms with van der Waals surface area (Å²) in [5, 5.41) is 9.93. The number of hydrogen-bond donors (Lipinski definition) is 1. The summed E-state index contributed by atoms with van der Waals surface area (Å²) in [5.74, 6) is 0.707. The van der Waals surface area contributed by atoms with Gasteiger partial charge < -0.3 is 5.11 Å². The van der Waals surface area contributed by atoms with Gasteiger partial charge in [-0.15, -0.1) is 0 Å². The largest absolute Gasteiger partial charge is 0.507 e. The lowest BCUT2D eigenvalue weighted by Gasteiger charge is -2.09. The summed E-state index contributed by atoms with van der Waals surface area (Å²) in [7, 11) is 0. The predicted molar refractivity (Wildman–Crippen MR) is 94.0 cm³/mol. The van der Waals surface area contributed by atoms with E-state index in [4.69, 9.17) is 0 Å². The van der Waals surface area contributed by atoms with Crippen molar-refractivity contribution in [3.63, 3.8) is 0 Å². The van der Waals surface area contributed by atoms with Crippen LogP contribution in [0.3, 0.4) is 0 Å². The molecule has 0 aromatic heterocycles. The highest BCUT2D eigenvalue weighted by Gasteiger charge is 2.29. The minimum atomic E-state index is 0.0831. The van der Waals surface area contributed by atoms with E-state index in [2.05, 4.69) is 12.1 Å². The van der Waals surface area contributed by atoms with Crippen LogP contribution < -0.4 is 0 Å². The maximum absolute atomic E-state index is 12.4. The standard InChI is InChI=1S/C21H22O2/c1-4-5-6-16-12-18-11-15(7-8-19(18)21(16)23)17-9-13(2)20(22)14(3)10-17/h4-5,7-11,16,22H,6,12H2,1-3H3/t16-/m0/s1. The van der Waals surface area contributed by atoms with Gasteiger partial charge in [0.15, 0.2) is 5.78 Å². The van der Waals surface area contributed by atoms with Crippen LogP contribution in [-0.2, 0) is 6.42 Å². The van der Waals surface area contributed by atoms with Crippen LogP contribution in [0, 0.1) is 19.8 Å². The zero-order valence-electron chi connectivity index (χ0n) is 13.9. The van der Waals surface area contributed by atoms with Gasteiger partial charge in [-0.25, -0.2) is 0 Å². The van der Waals surface area contributed by atoms with E-state index in [-0.39, 0.29) is 11.7 Å². The summed E-state index contributed by atoms with van der Waals surface area (Å²) in [6, 6.07) is 10.1. The summed E-state index contributed by atoms with van der Waals surface area (Å²) >= 11 is 0. The van der Waals surface area contributed by atoms with Gasteiger partial charge in [-0.05, 0) is 73.6 Å². The number of hydrogen-bond acceptors (Lipinski definition) is 2. The average Bonchev–Trinajstić information content (AvgIpc) is 2.85. The Bertz CT molecular complexity index is 776. The monoisotopic (exact) mass is 306 g/mol. The Labute approximate surface area is 137 Å². The Hall–Kier alpha value is -2.35. The second-order valence-electron chi connectivity index (χ2n) is 6.40. The number of carbonyl (C=O) groups excluding carboxylic acids is 1. The SMILES string of the molecule is CC=CC[C@H]1Cc2cc(-c3cc(C)c(O)c(C)c3)ccc2C1=O. The van der Waals surface area contributed by atoms with Crippen molar-refractivity contribution in [3.8, 4) is 16.9 Å². The summed E-state index contributed by atoms with van der Waals surface area (Å²) in [6.45, 7) is 5.81. The number of fused-ring (bicyclic) bond motifs is 1. The van der Waals surface area contributed by atoms with Crippen LogP contribution in [0.25, 0.3) is 11.1 Å². The van der Waals surface area contributed by atoms with E-state index < -0.39 is 0 Å². The van der Waals surface area contributed by atoms with Crippen LogP contribution >= 0.6 is 0 Å². The van der Waals surface area contributed by atoms with Gasteiger partial charge in [-0.3, -0.25) is 4.79 Å². The minimum absolute atomic E-state index is 0.0831. The molecular weight excluding hydrogens is 284 g/mol. The van der Waals surface area contributed by atoms with Crippen LogP contribution in [0.1, 0.15) is 40.4 Å². The van der Waals surface area contributed by atoms with E-state index in [1.165, 1.54) is 0 Å². The van der Waals surface area contributed by atoms with Crippen LogP contribution in [0.2, 0.25) is 0 Å². The third-order valence-electron chi connectivity index (χ3n) is 4.69. The lowest BCUT2D eigenvalue weighted by atomic mass is 9.97. The normalized spacial score (nSPS) is 17.0. The predicted octanol–water partition coefficient (Wildman–Crippen LogP) is 5.00. The van der Waals surface area contributed by atoms with Crippen molar-refractivity contribution >= 4 is 5.78 Å². The number of allylic oxidation sites excluding steroid dienone is 2. The van der Waals surface area contributed by atoms with Gasteiger partial charge in [0.05, 0.1) is 0 Å². The minimum Gasteiger partial charge on any atom is -0.507 e. The molecule has 0 unspecified atom stereocenters. The van der Waals surface area contributed by atoms with E-state index in [0.29, 0.717) is 5.75 Å². The Morgan fingerprint density at radius 2 is 1.83 bits per heavy atom. The van der Waals surface area contributed by atoms with Crippen molar-refractivity contribution in [3.05, 3.63) is 64.7 Å². The molecular formula is C21H22O2. The molecule has 1 aliphatic rings. The molecule has 0 saturated carbocycles. The van der Waals surface area contributed by atoms with Crippen LogP contribution in [0.5, 0.6) is 5.75 Å². The Morgan fingerprint density at radius 3 is 2.48 bits per heavy atom. The fourth-order valence-electron chi connectivity index (χ4n) is 3.37. The summed E-state index contributed by atoms with van der Waals surface area (Å²) < 4.78 is 0.